The summed E-state index contributed by atoms with van der Waals surface area (Å²) >= 11 is 0. The van der Waals surface area contributed by atoms with Crippen LogP contribution in [0, 0.1) is 23.4 Å². The molecule has 164 valence electrons. The van der Waals surface area contributed by atoms with Crippen LogP contribution in [0.25, 0.3) is 22.3 Å². The molecule has 0 spiro atoms. The predicted octanol–water partition coefficient (Wildman–Crippen LogP) is 4.52. The summed E-state index contributed by atoms with van der Waals surface area (Å²) in [6.07, 6.45) is 0.645. The van der Waals surface area contributed by atoms with Crippen LogP contribution in [-0.2, 0) is 16.1 Å². The number of ether oxygens (including phenoxy) is 1. The Labute approximate surface area is 175 Å². The van der Waals surface area contributed by atoms with Crippen LogP contribution in [0.5, 0.6) is 0 Å². The van der Waals surface area contributed by atoms with E-state index in [1.807, 2.05) is 13.8 Å². The molecule has 4 N–H and O–H groups in total. The maximum Gasteiger partial charge on any atom is 0.306 e. The molecular weight excluding hydrogens is 413 g/mol. The van der Waals surface area contributed by atoms with Crippen LogP contribution in [0.3, 0.4) is 0 Å². The molecule has 3 rings (SSSR count). The van der Waals surface area contributed by atoms with E-state index in [1.165, 1.54) is 12.1 Å². The normalized spacial score (nSPS) is 11.3. The average Bonchev–Trinajstić information content (AvgIpc) is 2.72. The Morgan fingerprint density at radius 1 is 1.13 bits per heavy atom. The number of rotatable bonds is 6. The number of esters is 1. The molecule has 2 aromatic carbocycles. The summed E-state index contributed by atoms with van der Waals surface area (Å²) in [4.78, 5) is 24.3. The van der Waals surface area contributed by atoms with Crippen LogP contribution >= 0.6 is 0 Å². The Balaban J connectivity index is 2.06. The van der Waals surface area contributed by atoms with Gasteiger partial charge in [-0.1, -0.05) is 13.8 Å². The van der Waals surface area contributed by atoms with Gasteiger partial charge in [0.05, 0.1) is 22.3 Å². The summed E-state index contributed by atoms with van der Waals surface area (Å²) < 4.78 is 53.9. The predicted molar refractivity (Wildman–Crippen MR) is 110 cm³/mol. The fourth-order valence-corrected chi connectivity index (χ4v) is 2.99. The summed E-state index contributed by atoms with van der Waals surface area (Å²) in [5.41, 5.74) is 8.43. The first-order chi connectivity index (χ1) is 14.6. The largest absolute Gasteiger partial charge is 0.461 e. The summed E-state index contributed by atoms with van der Waals surface area (Å²) in [6, 6.07) is 4.60. The van der Waals surface area contributed by atoms with Gasteiger partial charge in [0.2, 0.25) is 0 Å². The lowest BCUT2D eigenvalue weighted by Crippen LogP contribution is -2.13. The third kappa shape index (κ3) is 4.50. The SMILES string of the molecule is CC(C)CCC(=O)OCc1c(F)c(N)c2c(=O)cc(-c3ccc(N)c(F)c3)oc2c1F. The molecule has 0 bridgehead atoms. The highest BCUT2D eigenvalue weighted by molar-refractivity contribution is 5.91. The lowest BCUT2D eigenvalue weighted by atomic mass is 10.1. The van der Waals surface area contributed by atoms with Crippen molar-refractivity contribution in [2.75, 3.05) is 11.5 Å². The Hall–Kier alpha value is -3.49. The second-order valence-electron chi connectivity index (χ2n) is 7.53. The van der Waals surface area contributed by atoms with Gasteiger partial charge in [0.15, 0.2) is 22.6 Å². The Bertz CT molecular complexity index is 1220. The lowest BCUT2D eigenvalue weighted by Gasteiger charge is -2.12. The highest BCUT2D eigenvalue weighted by Gasteiger charge is 2.24. The van der Waals surface area contributed by atoms with Gasteiger partial charge in [-0.3, -0.25) is 9.59 Å². The van der Waals surface area contributed by atoms with Gasteiger partial charge in [0, 0.05) is 18.1 Å². The third-order valence-corrected chi connectivity index (χ3v) is 4.77. The van der Waals surface area contributed by atoms with Gasteiger partial charge in [0.1, 0.15) is 18.2 Å². The van der Waals surface area contributed by atoms with Gasteiger partial charge in [-0.15, -0.1) is 0 Å². The van der Waals surface area contributed by atoms with Crippen LogP contribution in [0.15, 0.2) is 33.5 Å². The molecule has 6 nitrogen and oxygen atoms in total. The van der Waals surface area contributed by atoms with E-state index in [-0.39, 0.29) is 29.3 Å². The van der Waals surface area contributed by atoms with E-state index in [0.717, 1.165) is 12.1 Å². The zero-order chi connectivity index (χ0) is 22.9. The number of benzene rings is 2. The molecule has 0 saturated heterocycles. The molecule has 0 aliphatic carbocycles. The monoisotopic (exact) mass is 434 g/mol. The summed E-state index contributed by atoms with van der Waals surface area (Å²) in [7, 11) is 0. The van der Waals surface area contributed by atoms with E-state index in [0.29, 0.717) is 6.42 Å². The highest BCUT2D eigenvalue weighted by Crippen LogP contribution is 2.32. The second-order valence-corrected chi connectivity index (χ2v) is 7.53. The van der Waals surface area contributed by atoms with E-state index < -0.39 is 57.7 Å². The Morgan fingerprint density at radius 3 is 2.48 bits per heavy atom. The van der Waals surface area contributed by atoms with Crippen LogP contribution in [0.1, 0.15) is 32.3 Å². The van der Waals surface area contributed by atoms with Crippen LogP contribution in [0.2, 0.25) is 0 Å². The van der Waals surface area contributed by atoms with Crippen LogP contribution in [0.4, 0.5) is 24.5 Å². The molecule has 1 heterocycles. The quantitative estimate of drug-likeness (QED) is 0.436. The average molecular weight is 434 g/mol. The van der Waals surface area contributed by atoms with Crippen molar-refractivity contribution in [1.29, 1.82) is 0 Å². The molecule has 0 amide bonds. The topological polar surface area (TPSA) is 109 Å². The van der Waals surface area contributed by atoms with E-state index >= 15 is 4.39 Å². The first-order valence-corrected chi connectivity index (χ1v) is 9.54. The van der Waals surface area contributed by atoms with Crippen molar-refractivity contribution in [1.82, 2.24) is 0 Å². The summed E-state index contributed by atoms with van der Waals surface area (Å²) in [6.45, 7) is 3.12. The molecule has 31 heavy (non-hydrogen) atoms. The van der Waals surface area contributed by atoms with Crippen molar-refractivity contribution in [3.8, 4) is 11.3 Å². The number of hydrogen-bond acceptors (Lipinski definition) is 6. The first-order valence-electron chi connectivity index (χ1n) is 9.54. The van der Waals surface area contributed by atoms with Crippen molar-refractivity contribution in [2.24, 2.45) is 5.92 Å². The van der Waals surface area contributed by atoms with Crippen molar-refractivity contribution in [2.45, 2.75) is 33.3 Å². The van der Waals surface area contributed by atoms with Crippen molar-refractivity contribution in [3.63, 3.8) is 0 Å². The zero-order valence-electron chi connectivity index (χ0n) is 16.9. The third-order valence-electron chi connectivity index (χ3n) is 4.77. The number of halogens is 3. The van der Waals surface area contributed by atoms with Gasteiger partial charge in [-0.25, -0.2) is 13.2 Å². The van der Waals surface area contributed by atoms with Crippen LogP contribution < -0.4 is 16.9 Å². The minimum absolute atomic E-state index is 0.0892. The molecule has 0 fully saturated rings. The van der Waals surface area contributed by atoms with Gasteiger partial charge < -0.3 is 20.6 Å². The molecule has 0 aliphatic rings. The lowest BCUT2D eigenvalue weighted by molar-refractivity contribution is -0.145. The fraction of sp³-hybridized carbons (Fsp3) is 0.273. The number of fused-ring (bicyclic) bond motifs is 1. The molecular formula is C22H21F3N2O4. The van der Waals surface area contributed by atoms with Gasteiger partial charge in [0.25, 0.3) is 0 Å². The van der Waals surface area contributed by atoms with Crippen molar-refractivity contribution >= 4 is 28.3 Å². The molecule has 0 atom stereocenters. The maximum absolute atomic E-state index is 15.1. The molecule has 9 heteroatoms. The van der Waals surface area contributed by atoms with E-state index in [9.17, 15) is 18.4 Å². The summed E-state index contributed by atoms with van der Waals surface area (Å²) in [5.74, 6) is -3.73. The number of carbonyl (C=O) groups is 1. The van der Waals surface area contributed by atoms with Crippen LogP contribution in [-0.4, -0.2) is 5.97 Å². The number of carbonyl (C=O) groups excluding carboxylic acids is 1. The number of hydrogen-bond donors (Lipinski definition) is 2. The minimum Gasteiger partial charge on any atom is -0.461 e. The minimum atomic E-state index is -1.23. The van der Waals surface area contributed by atoms with E-state index in [4.69, 9.17) is 20.6 Å². The number of anilines is 2. The molecule has 0 saturated carbocycles. The van der Waals surface area contributed by atoms with Crippen molar-refractivity contribution in [3.05, 3.63) is 57.5 Å². The maximum atomic E-state index is 15.1. The van der Waals surface area contributed by atoms with Gasteiger partial charge in [-0.2, -0.15) is 0 Å². The molecule has 0 aliphatic heterocycles. The standard InChI is InChI=1S/C22H21F3N2O4/c1-10(2)3-6-17(29)30-9-12-19(24)21(27)18-15(28)8-16(31-22(18)20(12)25)11-4-5-14(26)13(23)7-11/h4-5,7-8,10H,3,6,9,26-27H2,1-2H3. The number of nitrogen functional groups attached to an aromatic ring is 2. The van der Waals surface area contributed by atoms with Gasteiger partial charge in [-0.05, 0) is 30.5 Å². The highest BCUT2D eigenvalue weighted by atomic mass is 19.1. The van der Waals surface area contributed by atoms with E-state index in [2.05, 4.69) is 0 Å². The first kappa shape index (κ1) is 22.2. The Kier molecular flexibility index (Phi) is 6.24. The number of nitrogens with two attached hydrogens (primary N) is 2. The molecule has 3 aromatic rings. The second kappa shape index (κ2) is 8.71. The molecule has 0 unspecified atom stereocenters. The van der Waals surface area contributed by atoms with E-state index in [1.54, 1.807) is 0 Å². The Morgan fingerprint density at radius 2 is 1.84 bits per heavy atom. The summed E-state index contributed by atoms with van der Waals surface area (Å²) in [5, 5.41) is -0.496. The van der Waals surface area contributed by atoms with Gasteiger partial charge >= 0.3 is 5.97 Å². The molecule has 1 aromatic heterocycles. The zero-order valence-corrected chi connectivity index (χ0v) is 16.9. The molecule has 0 radical (unpaired) electrons. The fourth-order valence-electron chi connectivity index (χ4n) is 2.99. The van der Waals surface area contributed by atoms with Crippen molar-refractivity contribution < 1.29 is 27.1 Å². The smallest absolute Gasteiger partial charge is 0.306 e.